The average molecular weight is 191 g/mol. The van der Waals surface area contributed by atoms with Gasteiger partial charge in [-0.05, 0) is 24.6 Å². The predicted octanol–water partition coefficient (Wildman–Crippen LogP) is 2.60. The molecule has 0 saturated carbocycles. The Labute approximate surface area is 80.0 Å². The van der Waals surface area contributed by atoms with E-state index in [0.29, 0.717) is 5.56 Å². The number of carbonyl (C=O) groups excluding carboxylic acids is 1. The zero-order valence-electron chi connectivity index (χ0n) is 7.20. The Morgan fingerprint density at radius 1 is 1.46 bits per heavy atom. The normalized spacial score (nSPS) is 10.5. The van der Waals surface area contributed by atoms with Gasteiger partial charge in [0.25, 0.3) is 0 Å². The van der Waals surface area contributed by atoms with Crippen LogP contribution in [0.25, 0.3) is 10.1 Å². The van der Waals surface area contributed by atoms with Crippen molar-refractivity contribution in [3.63, 3.8) is 0 Å². The summed E-state index contributed by atoms with van der Waals surface area (Å²) in [6.07, 6.45) is 0.863. The van der Waals surface area contributed by atoms with Crippen LogP contribution in [0.1, 0.15) is 15.9 Å². The molecule has 3 heteroatoms. The molecule has 0 amide bonds. The quantitative estimate of drug-likeness (QED) is 0.704. The predicted molar refractivity (Wildman–Crippen MR) is 56.4 cm³/mol. The first-order valence-electron chi connectivity index (χ1n) is 3.95. The van der Waals surface area contributed by atoms with Crippen LogP contribution >= 0.6 is 11.3 Å². The van der Waals surface area contributed by atoms with Crippen molar-refractivity contribution >= 4 is 33.4 Å². The van der Waals surface area contributed by atoms with E-state index in [1.54, 1.807) is 11.3 Å². The van der Waals surface area contributed by atoms with E-state index in [1.807, 2.05) is 24.4 Å². The number of hydrogen-bond donors (Lipinski definition) is 1. The zero-order valence-corrected chi connectivity index (χ0v) is 8.02. The highest BCUT2D eigenvalue weighted by atomic mass is 32.1. The van der Waals surface area contributed by atoms with Gasteiger partial charge < -0.3 is 5.73 Å². The number of aldehydes is 1. The van der Waals surface area contributed by atoms with Crippen LogP contribution in [0.2, 0.25) is 0 Å². The van der Waals surface area contributed by atoms with Crippen molar-refractivity contribution in [2.75, 3.05) is 5.73 Å². The van der Waals surface area contributed by atoms with Gasteiger partial charge in [0.2, 0.25) is 0 Å². The largest absolute Gasteiger partial charge is 0.398 e. The molecular formula is C10H9NOS. The molecule has 0 aliphatic heterocycles. The van der Waals surface area contributed by atoms with Gasteiger partial charge in [-0.3, -0.25) is 4.79 Å². The van der Waals surface area contributed by atoms with Gasteiger partial charge in [0.1, 0.15) is 6.29 Å². The molecular weight excluding hydrogens is 182 g/mol. The van der Waals surface area contributed by atoms with Crippen LogP contribution in [0.15, 0.2) is 17.5 Å². The molecule has 2 rings (SSSR count). The summed E-state index contributed by atoms with van der Waals surface area (Å²) in [5.74, 6) is 0. The molecule has 0 saturated heterocycles. The number of nitrogen functional groups attached to an aromatic ring is 1. The highest BCUT2D eigenvalue weighted by molar-refractivity contribution is 7.17. The van der Waals surface area contributed by atoms with Gasteiger partial charge in [-0.1, -0.05) is 0 Å². The third kappa shape index (κ3) is 1.21. The van der Waals surface area contributed by atoms with Gasteiger partial charge in [-0.15, -0.1) is 11.3 Å². The molecule has 0 aliphatic rings. The van der Waals surface area contributed by atoms with Crippen molar-refractivity contribution in [2.24, 2.45) is 0 Å². The molecule has 0 atom stereocenters. The lowest BCUT2D eigenvalue weighted by atomic mass is 10.1. The van der Waals surface area contributed by atoms with Crippen molar-refractivity contribution in [2.45, 2.75) is 6.92 Å². The first-order valence-corrected chi connectivity index (χ1v) is 4.83. The van der Waals surface area contributed by atoms with Crippen LogP contribution in [0, 0.1) is 6.92 Å². The first-order chi connectivity index (χ1) is 6.22. The lowest BCUT2D eigenvalue weighted by Gasteiger charge is -1.98. The Bertz CT molecular complexity index is 473. The highest BCUT2D eigenvalue weighted by Gasteiger charge is 2.05. The third-order valence-corrected chi connectivity index (χ3v) is 3.01. The number of thiophene rings is 1. The molecule has 66 valence electrons. The van der Waals surface area contributed by atoms with Gasteiger partial charge in [0.05, 0.1) is 5.69 Å². The smallest absolute Gasteiger partial charge is 0.150 e. The number of hydrogen-bond acceptors (Lipinski definition) is 3. The molecule has 0 radical (unpaired) electrons. The first kappa shape index (κ1) is 8.26. The molecule has 1 aromatic carbocycles. The van der Waals surface area contributed by atoms with Crippen LogP contribution in [-0.4, -0.2) is 6.29 Å². The van der Waals surface area contributed by atoms with E-state index in [0.717, 1.165) is 27.6 Å². The average Bonchev–Trinajstić information content (AvgIpc) is 2.48. The van der Waals surface area contributed by atoms with E-state index < -0.39 is 0 Å². The van der Waals surface area contributed by atoms with Crippen molar-refractivity contribution in [3.05, 3.63) is 28.6 Å². The fourth-order valence-electron chi connectivity index (χ4n) is 1.50. The second kappa shape index (κ2) is 2.85. The molecule has 2 N–H and O–H groups in total. The zero-order chi connectivity index (χ0) is 9.42. The lowest BCUT2D eigenvalue weighted by molar-refractivity contribution is 0.112. The van der Waals surface area contributed by atoms with Gasteiger partial charge in [-0.25, -0.2) is 0 Å². The minimum atomic E-state index is 0.715. The van der Waals surface area contributed by atoms with Crippen LogP contribution in [0.4, 0.5) is 5.69 Å². The maximum Gasteiger partial charge on any atom is 0.150 e. The maximum atomic E-state index is 10.6. The number of nitrogens with two attached hydrogens (primary N) is 1. The van der Waals surface area contributed by atoms with Crippen molar-refractivity contribution in [1.29, 1.82) is 0 Å². The highest BCUT2D eigenvalue weighted by Crippen LogP contribution is 2.31. The monoisotopic (exact) mass is 191 g/mol. The molecule has 0 spiro atoms. The Hall–Kier alpha value is -1.35. The molecule has 1 heterocycles. The summed E-state index contributed by atoms with van der Waals surface area (Å²) in [6.45, 7) is 1.97. The summed E-state index contributed by atoms with van der Waals surface area (Å²) >= 11 is 1.57. The number of anilines is 1. The summed E-state index contributed by atoms with van der Waals surface area (Å²) in [4.78, 5) is 10.6. The minimum Gasteiger partial charge on any atom is -0.398 e. The van der Waals surface area contributed by atoms with Crippen LogP contribution in [-0.2, 0) is 0 Å². The van der Waals surface area contributed by atoms with Crippen LogP contribution in [0.5, 0.6) is 0 Å². The van der Waals surface area contributed by atoms with Crippen molar-refractivity contribution in [1.82, 2.24) is 0 Å². The van der Waals surface area contributed by atoms with E-state index in [9.17, 15) is 4.79 Å². The second-order valence-corrected chi connectivity index (χ2v) is 3.93. The second-order valence-electron chi connectivity index (χ2n) is 3.02. The number of aryl methyl sites for hydroxylation is 1. The molecule has 0 aliphatic carbocycles. The van der Waals surface area contributed by atoms with Crippen molar-refractivity contribution in [3.8, 4) is 0 Å². The summed E-state index contributed by atoms with van der Waals surface area (Å²) in [7, 11) is 0. The van der Waals surface area contributed by atoms with E-state index >= 15 is 0 Å². The SMILES string of the molecule is Cc1cc(C=O)cc2scc(N)c12. The number of carbonyl (C=O) groups is 1. The van der Waals surface area contributed by atoms with E-state index in [-0.39, 0.29) is 0 Å². The molecule has 2 aromatic rings. The fraction of sp³-hybridized carbons (Fsp3) is 0.100. The molecule has 13 heavy (non-hydrogen) atoms. The third-order valence-electron chi connectivity index (χ3n) is 2.06. The van der Waals surface area contributed by atoms with Crippen LogP contribution in [0.3, 0.4) is 0 Å². The molecule has 0 unspecified atom stereocenters. The molecule has 1 aromatic heterocycles. The Morgan fingerprint density at radius 3 is 2.92 bits per heavy atom. The molecule has 0 fully saturated rings. The number of rotatable bonds is 1. The van der Waals surface area contributed by atoms with Gasteiger partial charge in [0, 0.05) is 21.0 Å². The summed E-state index contributed by atoms with van der Waals surface area (Å²) in [6, 6.07) is 3.73. The van der Waals surface area contributed by atoms with Gasteiger partial charge in [-0.2, -0.15) is 0 Å². The van der Waals surface area contributed by atoms with E-state index in [1.165, 1.54) is 0 Å². The summed E-state index contributed by atoms with van der Waals surface area (Å²) < 4.78 is 1.08. The Kier molecular flexibility index (Phi) is 1.81. The Balaban J connectivity index is 2.86. The summed E-state index contributed by atoms with van der Waals surface area (Å²) in [5.41, 5.74) is 8.37. The topological polar surface area (TPSA) is 43.1 Å². The lowest BCUT2D eigenvalue weighted by Crippen LogP contribution is -1.86. The van der Waals surface area contributed by atoms with E-state index in [2.05, 4.69) is 0 Å². The molecule has 2 nitrogen and oxygen atoms in total. The maximum absolute atomic E-state index is 10.6. The standard InChI is InChI=1S/C10H9NOS/c1-6-2-7(4-12)3-9-10(6)8(11)5-13-9/h2-5H,11H2,1H3. The molecule has 0 bridgehead atoms. The van der Waals surface area contributed by atoms with Gasteiger partial charge >= 0.3 is 0 Å². The minimum absolute atomic E-state index is 0.715. The van der Waals surface area contributed by atoms with Gasteiger partial charge in [0.15, 0.2) is 0 Å². The number of fused-ring (bicyclic) bond motifs is 1. The van der Waals surface area contributed by atoms with Crippen molar-refractivity contribution < 1.29 is 4.79 Å². The number of benzene rings is 1. The van der Waals surface area contributed by atoms with Crippen LogP contribution < -0.4 is 5.73 Å². The fourth-order valence-corrected chi connectivity index (χ4v) is 2.47. The Morgan fingerprint density at radius 2 is 2.23 bits per heavy atom. The summed E-state index contributed by atoms with van der Waals surface area (Å²) in [5, 5.41) is 2.99. The van der Waals surface area contributed by atoms with E-state index in [4.69, 9.17) is 5.73 Å².